The summed E-state index contributed by atoms with van der Waals surface area (Å²) in [5.74, 6) is 1.44. The second-order valence-corrected chi connectivity index (χ2v) is 8.24. The number of amides is 2. The van der Waals surface area contributed by atoms with E-state index in [1.807, 2.05) is 24.3 Å². The molecule has 3 rings (SSSR count). The molecular formula is C21H26N2O4S. The molecule has 150 valence electrons. The fourth-order valence-electron chi connectivity index (χ4n) is 3.36. The highest BCUT2D eigenvalue weighted by Gasteiger charge is 2.20. The molecule has 1 aliphatic carbocycles. The molecule has 1 aliphatic rings. The van der Waals surface area contributed by atoms with Crippen molar-refractivity contribution >= 4 is 23.2 Å². The molecule has 0 saturated heterocycles. The average Bonchev–Trinajstić information content (AvgIpc) is 3.13. The normalized spacial score (nSPS) is 15.5. The number of methoxy groups -OCH3 is 2. The van der Waals surface area contributed by atoms with Crippen molar-refractivity contribution in [2.75, 3.05) is 14.2 Å². The number of ether oxygens (including phenoxy) is 2. The number of thiophene rings is 1. The van der Waals surface area contributed by atoms with Gasteiger partial charge in [0.2, 0.25) is 5.91 Å². The zero-order chi connectivity index (χ0) is 20.1. The molecule has 0 aliphatic heterocycles. The van der Waals surface area contributed by atoms with Crippen LogP contribution >= 0.6 is 11.3 Å². The summed E-state index contributed by atoms with van der Waals surface area (Å²) in [5.41, 5.74) is 7.26. The van der Waals surface area contributed by atoms with Crippen molar-refractivity contribution in [3.63, 3.8) is 0 Å². The molecule has 1 atom stereocenters. The summed E-state index contributed by atoms with van der Waals surface area (Å²) >= 11 is 1.53. The van der Waals surface area contributed by atoms with Crippen LogP contribution in [0, 0.1) is 5.92 Å². The van der Waals surface area contributed by atoms with Gasteiger partial charge in [0.15, 0.2) is 11.5 Å². The first-order valence-corrected chi connectivity index (χ1v) is 10.2. The van der Waals surface area contributed by atoms with Crippen LogP contribution < -0.4 is 20.3 Å². The molecule has 1 aromatic heterocycles. The zero-order valence-corrected chi connectivity index (χ0v) is 17.3. The minimum atomic E-state index is -0.258. The molecule has 1 aromatic carbocycles. The van der Waals surface area contributed by atoms with Gasteiger partial charge in [0.05, 0.1) is 19.1 Å². The Kier molecular flexibility index (Phi) is 6.57. The van der Waals surface area contributed by atoms with E-state index in [4.69, 9.17) is 9.47 Å². The van der Waals surface area contributed by atoms with Crippen LogP contribution in [0.3, 0.4) is 0 Å². The third-order valence-electron chi connectivity index (χ3n) is 4.96. The first-order chi connectivity index (χ1) is 13.5. The zero-order valence-electron chi connectivity index (χ0n) is 16.5. The molecule has 0 spiro atoms. The van der Waals surface area contributed by atoms with Crippen LogP contribution in [-0.4, -0.2) is 26.0 Å². The Bertz CT molecular complexity index is 862. The maximum Gasteiger partial charge on any atom is 0.279 e. The summed E-state index contributed by atoms with van der Waals surface area (Å²) in [6.07, 6.45) is 4.02. The first-order valence-electron chi connectivity index (χ1n) is 9.41. The van der Waals surface area contributed by atoms with E-state index in [0.717, 1.165) is 18.4 Å². The summed E-state index contributed by atoms with van der Waals surface area (Å²) in [6.45, 7) is 2.24. The SMILES string of the molecule is COc1ccc(CCC(=O)NNC(=O)c2cc3c(s2)CC[C@@H](C)C3)cc1OC. The Labute approximate surface area is 169 Å². The van der Waals surface area contributed by atoms with Gasteiger partial charge in [-0.3, -0.25) is 20.4 Å². The lowest BCUT2D eigenvalue weighted by molar-refractivity contribution is -0.121. The van der Waals surface area contributed by atoms with Crippen LogP contribution in [0.1, 0.15) is 45.4 Å². The van der Waals surface area contributed by atoms with E-state index < -0.39 is 0 Å². The minimum Gasteiger partial charge on any atom is -0.493 e. The number of aryl methyl sites for hydroxylation is 2. The fourth-order valence-corrected chi connectivity index (χ4v) is 4.47. The summed E-state index contributed by atoms with van der Waals surface area (Å²) in [4.78, 5) is 26.4. The van der Waals surface area contributed by atoms with E-state index in [1.54, 1.807) is 14.2 Å². The number of hydrogen-bond acceptors (Lipinski definition) is 5. The van der Waals surface area contributed by atoms with E-state index in [2.05, 4.69) is 17.8 Å². The van der Waals surface area contributed by atoms with Crippen LogP contribution in [0.25, 0.3) is 0 Å². The minimum absolute atomic E-state index is 0.238. The molecule has 0 radical (unpaired) electrons. The quantitative estimate of drug-likeness (QED) is 0.727. The van der Waals surface area contributed by atoms with Crippen molar-refractivity contribution in [3.8, 4) is 11.5 Å². The Morgan fingerprint density at radius 1 is 1.14 bits per heavy atom. The standard InChI is InChI=1S/C21H26N2O4S/c1-13-4-8-18-15(10-13)12-19(28-18)21(25)23-22-20(24)9-6-14-5-7-16(26-2)17(11-14)27-3/h5,7,11-13H,4,6,8-10H2,1-3H3,(H,22,24)(H,23,25)/t13-/m1/s1. The maximum absolute atomic E-state index is 12.3. The van der Waals surface area contributed by atoms with Gasteiger partial charge < -0.3 is 9.47 Å². The summed E-state index contributed by atoms with van der Waals surface area (Å²) < 4.78 is 10.5. The lowest BCUT2D eigenvalue weighted by atomic mass is 9.90. The van der Waals surface area contributed by atoms with Crippen molar-refractivity contribution < 1.29 is 19.1 Å². The first kappa shape index (κ1) is 20.2. The second kappa shape index (κ2) is 9.10. The topological polar surface area (TPSA) is 76.7 Å². The number of carbonyl (C=O) groups is 2. The number of hydrogen-bond donors (Lipinski definition) is 2. The molecule has 0 unspecified atom stereocenters. The summed E-state index contributed by atoms with van der Waals surface area (Å²) in [7, 11) is 3.16. The van der Waals surface area contributed by atoms with Crippen LogP contribution in [-0.2, 0) is 24.1 Å². The Balaban J connectivity index is 1.48. The molecule has 0 fully saturated rings. The van der Waals surface area contributed by atoms with E-state index in [-0.39, 0.29) is 18.2 Å². The number of hydrazine groups is 1. The van der Waals surface area contributed by atoms with Gasteiger partial charge in [-0.1, -0.05) is 13.0 Å². The summed E-state index contributed by atoms with van der Waals surface area (Å²) in [6, 6.07) is 7.51. The third kappa shape index (κ3) is 4.84. The molecule has 6 nitrogen and oxygen atoms in total. The van der Waals surface area contributed by atoms with E-state index in [9.17, 15) is 9.59 Å². The predicted octanol–water partition coefficient (Wildman–Crippen LogP) is 3.28. The molecule has 2 aromatic rings. The number of carbonyl (C=O) groups excluding carboxylic acids is 2. The fraction of sp³-hybridized carbons (Fsp3) is 0.429. The maximum atomic E-state index is 12.3. The van der Waals surface area contributed by atoms with Crippen molar-refractivity contribution in [3.05, 3.63) is 45.1 Å². The van der Waals surface area contributed by atoms with Gasteiger partial charge in [-0.25, -0.2) is 0 Å². The van der Waals surface area contributed by atoms with Crippen LogP contribution in [0.4, 0.5) is 0 Å². The largest absolute Gasteiger partial charge is 0.493 e. The Morgan fingerprint density at radius 3 is 2.68 bits per heavy atom. The molecule has 0 saturated carbocycles. The van der Waals surface area contributed by atoms with Crippen molar-refractivity contribution in [2.45, 2.75) is 39.0 Å². The summed E-state index contributed by atoms with van der Waals surface area (Å²) in [5, 5.41) is 0. The van der Waals surface area contributed by atoms with Crippen LogP contribution in [0.15, 0.2) is 24.3 Å². The van der Waals surface area contributed by atoms with Gasteiger partial charge in [-0.2, -0.15) is 0 Å². The molecule has 2 amide bonds. The molecule has 0 bridgehead atoms. The number of nitrogens with one attached hydrogen (secondary N) is 2. The lowest BCUT2D eigenvalue weighted by Crippen LogP contribution is -2.41. The van der Waals surface area contributed by atoms with Crippen LogP contribution in [0.5, 0.6) is 11.5 Å². The van der Waals surface area contributed by atoms with Gasteiger partial charge in [-0.15, -0.1) is 11.3 Å². The van der Waals surface area contributed by atoms with Crippen molar-refractivity contribution in [2.24, 2.45) is 5.92 Å². The van der Waals surface area contributed by atoms with Gasteiger partial charge >= 0.3 is 0 Å². The monoisotopic (exact) mass is 402 g/mol. The van der Waals surface area contributed by atoms with E-state index >= 15 is 0 Å². The molecule has 28 heavy (non-hydrogen) atoms. The average molecular weight is 403 g/mol. The molecule has 7 heteroatoms. The Morgan fingerprint density at radius 2 is 1.93 bits per heavy atom. The molecular weight excluding hydrogens is 376 g/mol. The van der Waals surface area contributed by atoms with Crippen molar-refractivity contribution in [1.82, 2.24) is 10.9 Å². The second-order valence-electron chi connectivity index (χ2n) is 7.10. The van der Waals surface area contributed by atoms with Crippen molar-refractivity contribution in [1.29, 1.82) is 0 Å². The smallest absolute Gasteiger partial charge is 0.279 e. The van der Waals surface area contributed by atoms with Gasteiger partial charge in [0.1, 0.15) is 0 Å². The van der Waals surface area contributed by atoms with E-state index in [1.165, 1.54) is 28.2 Å². The predicted molar refractivity (Wildman–Crippen MR) is 109 cm³/mol. The third-order valence-corrected chi connectivity index (χ3v) is 6.19. The van der Waals surface area contributed by atoms with Gasteiger partial charge in [0, 0.05) is 11.3 Å². The molecule has 2 N–H and O–H groups in total. The van der Waals surface area contributed by atoms with E-state index in [0.29, 0.717) is 28.7 Å². The van der Waals surface area contributed by atoms with Gasteiger partial charge in [-0.05, 0) is 60.9 Å². The number of benzene rings is 1. The highest BCUT2D eigenvalue weighted by atomic mass is 32.1. The highest BCUT2D eigenvalue weighted by Crippen LogP contribution is 2.32. The highest BCUT2D eigenvalue weighted by molar-refractivity contribution is 7.14. The number of rotatable bonds is 6. The number of fused-ring (bicyclic) bond motifs is 1. The molecule has 1 heterocycles. The lowest BCUT2D eigenvalue weighted by Gasteiger charge is -2.16. The van der Waals surface area contributed by atoms with Crippen LogP contribution in [0.2, 0.25) is 0 Å². The van der Waals surface area contributed by atoms with Gasteiger partial charge in [0.25, 0.3) is 5.91 Å². The Hall–Kier alpha value is -2.54.